The van der Waals surface area contributed by atoms with Gasteiger partial charge in [-0.2, -0.15) is 0 Å². The number of unbranched alkanes of at least 4 members (excludes halogenated alkanes) is 7. The molecule has 2 aliphatic rings. The first kappa shape index (κ1) is 24.9. The quantitative estimate of drug-likeness (QED) is 0.292. The molecular formula is C25H40F2O3. The van der Waals surface area contributed by atoms with E-state index in [2.05, 4.69) is 19.1 Å². The maximum Gasteiger partial charge on any atom is 0.309 e. The van der Waals surface area contributed by atoms with Gasteiger partial charge >= 0.3 is 5.97 Å². The summed E-state index contributed by atoms with van der Waals surface area (Å²) >= 11 is 0. The molecule has 0 spiro atoms. The van der Waals surface area contributed by atoms with Gasteiger partial charge in [-0.15, -0.1) is 0 Å². The summed E-state index contributed by atoms with van der Waals surface area (Å²) in [4.78, 5) is 11.6. The van der Waals surface area contributed by atoms with E-state index in [1.807, 2.05) is 6.08 Å². The van der Waals surface area contributed by atoms with Crippen molar-refractivity contribution in [2.24, 2.45) is 17.3 Å². The lowest BCUT2D eigenvalue weighted by atomic mass is 9.65. The minimum absolute atomic E-state index is 0.354. The van der Waals surface area contributed by atoms with Gasteiger partial charge in [0.1, 0.15) is 5.76 Å². The van der Waals surface area contributed by atoms with Crippen LogP contribution in [0, 0.1) is 17.3 Å². The average molecular weight is 427 g/mol. The van der Waals surface area contributed by atoms with Gasteiger partial charge in [0.2, 0.25) is 6.43 Å². The van der Waals surface area contributed by atoms with Crippen molar-refractivity contribution in [3.63, 3.8) is 0 Å². The predicted molar refractivity (Wildman–Crippen MR) is 117 cm³/mol. The van der Waals surface area contributed by atoms with E-state index in [1.165, 1.54) is 44.9 Å². The van der Waals surface area contributed by atoms with Gasteiger partial charge in [-0.1, -0.05) is 57.9 Å². The summed E-state index contributed by atoms with van der Waals surface area (Å²) in [6.45, 7) is 3.00. The highest BCUT2D eigenvalue weighted by atomic mass is 19.3. The molecule has 3 nitrogen and oxygen atoms in total. The molecule has 0 aliphatic heterocycles. The zero-order valence-corrected chi connectivity index (χ0v) is 18.6. The van der Waals surface area contributed by atoms with Crippen molar-refractivity contribution < 1.29 is 23.4 Å². The maximum absolute atomic E-state index is 12.9. The van der Waals surface area contributed by atoms with Crippen molar-refractivity contribution in [3.8, 4) is 0 Å². The largest absolute Gasteiger partial charge is 0.494 e. The third kappa shape index (κ3) is 8.03. The molecule has 172 valence electrons. The molecule has 2 rings (SSSR count). The summed E-state index contributed by atoms with van der Waals surface area (Å²) in [5.74, 6) is 0.607. The van der Waals surface area contributed by atoms with Crippen molar-refractivity contribution >= 4 is 5.97 Å². The molecule has 1 saturated carbocycles. The highest BCUT2D eigenvalue weighted by Gasteiger charge is 2.44. The molecule has 1 unspecified atom stereocenters. The number of carbonyl (C=O) groups is 1. The smallest absolute Gasteiger partial charge is 0.309 e. The second kappa shape index (κ2) is 13.1. The fraction of sp³-hybridized carbons (Fsp3) is 0.800. The van der Waals surface area contributed by atoms with E-state index in [1.54, 1.807) is 0 Å². The van der Waals surface area contributed by atoms with E-state index < -0.39 is 24.2 Å². The van der Waals surface area contributed by atoms with Gasteiger partial charge in [-0.3, -0.25) is 4.79 Å². The second-order valence-electron chi connectivity index (χ2n) is 9.21. The van der Waals surface area contributed by atoms with E-state index in [9.17, 15) is 18.7 Å². The number of hydrogen-bond acceptors (Lipinski definition) is 2. The molecule has 1 N–H and O–H groups in total. The summed E-state index contributed by atoms with van der Waals surface area (Å²) in [6, 6.07) is 0. The van der Waals surface area contributed by atoms with Crippen LogP contribution in [0.2, 0.25) is 0 Å². The monoisotopic (exact) mass is 426 g/mol. The number of carboxylic acids is 1. The summed E-state index contributed by atoms with van der Waals surface area (Å²) in [5, 5.41) is 9.48. The van der Waals surface area contributed by atoms with Crippen LogP contribution in [-0.4, -0.2) is 24.1 Å². The third-order valence-corrected chi connectivity index (χ3v) is 6.96. The molecule has 5 heteroatoms. The molecule has 0 aromatic heterocycles. The van der Waals surface area contributed by atoms with E-state index in [-0.39, 0.29) is 0 Å². The minimum atomic E-state index is -2.56. The minimum Gasteiger partial charge on any atom is -0.494 e. The Morgan fingerprint density at radius 2 is 1.77 bits per heavy atom. The molecule has 0 saturated heterocycles. The van der Waals surface area contributed by atoms with E-state index in [0.29, 0.717) is 37.5 Å². The van der Waals surface area contributed by atoms with Gasteiger partial charge in [0.15, 0.2) is 0 Å². The topological polar surface area (TPSA) is 46.5 Å². The van der Waals surface area contributed by atoms with Crippen molar-refractivity contribution in [1.82, 2.24) is 0 Å². The summed E-state index contributed by atoms with van der Waals surface area (Å²) < 4.78 is 31.6. The van der Waals surface area contributed by atoms with Crippen LogP contribution >= 0.6 is 0 Å². The van der Waals surface area contributed by atoms with Crippen molar-refractivity contribution in [3.05, 3.63) is 24.0 Å². The van der Waals surface area contributed by atoms with Crippen LogP contribution in [0.15, 0.2) is 24.0 Å². The number of alkyl halides is 2. The lowest BCUT2D eigenvalue weighted by Crippen LogP contribution is -2.38. The maximum atomic E-state index is 12.9. The lowest BCUT2D eigenvalue weighted by molar-refractivity contribution is -0.155. The molecule has 1 fully saturated rings. The standard InChI is InChI=1S/C25H40F2O3/c1-2-3-4-5-6-7-8-9-18-30-22-12-10-20(11-13-22)21-14-16-25(17-15-21,24(28)29)19-23(26)27/h10,12-13,20-21,23H,2-9,11,14-19H2,1H3,(H,28,29)/t20?,21-,25-. The Kier molecular flexibility index (Phi) is 10.9. The molecule has 0 bridgehead atoms. The normalized spacial score (nSPS) is 26.6. The van der Waals surface area contributed by atoms with E-state index >= 15 is 0 Å². The first-order valence-corrected chi connectivity index (χ1v) is 12.0. The molecule has 2 aliphatic carbocycles. The van der Waals surface area contributed by atoms with Gasteiger partial charge in [0.05, 0.1) is 12.0 Å². The molecule has 0 aromatic carbocycles. The van der Waals surface area contributed by atoms with Crippen LogP contribution in [0.25, 0.3) is 0 Å². The number of rotatable bonds is 14. The van der Waals surface area contributed by atoms with Crippen LogP contribution in [0.3, 0.4) is 0 Å². The Bertz CT molecular complexity index is 563. The Balaban J connectivity index is 1.62. The highest BCUT2D eigenvalue weighted by Crippen LogP contribution is 2.46. The summed E-state index contributed by atoms with van der Waals surface area (Å²) in [7, 11) is 0. The SMILES string of the molecule is CCCCCCCCCCOC1=CCC([C@H]2CC[C@](CC(F)F)(C(=O)O)CC2)C=C1. The molecule has 0 aromatic rings. The molecule has 30 heavy (non-hydrogen) atoms. The number of ether oxygens (including phenoxy) is 1. The Hall–Kier alpha value is -1.39. The predicted octanol–water partition coefficient (Wildman–Crippen LogP) is 7.52. The van der Waals surface area contributed by atoms with Gasteiger partial charge in [0.25, 0.3) is 0 Å². The number of aliphatic carboxylic acids is 1. The first-order chi connectivity index (χ1) is 14.5. The van der Waals surface area contributed by atoms with Gasteiger partial charge in [-0.05, 0) is 62.5 Å². The summed E-state index contributed by atoms with van der Waals surface area (Å²) in [6.07, 6.45) is 16.5. The van der Waals surface area contributed by atoms with Crippen LogP contribution in [-0.2, 0) is 9.53 Å². The average Bonchev–Trinajstić information content (AvgIpc) is 2.73. The van der Waals surface area contributed by atoms with Gasteiger partial charge in [-0.25, -0.2) is 8.78 Å². The van der Waals surface area contributed by atoms with Crippen molar-refractivity contribution in [2.75, 3.05) is 6.61 Å². The lowest BCUT2D eigenvalue weighted by Gasteiger charge is -2.39. The first-order valence-electron chi connectivity index (χ1n) is 12.0. The van der Waals surface area contributed by atoms with Crippen LogP contribution < -0.4 is 0 Å². The molecular weight excluding hydrogens is 386 g/mol. The molecule has 0 heterocycles. The van der Waals surface area contributed by atoms with Crippen LogP contribution in [0.4, 0.5) is 8.78 Å². The summed E-state index contributed by atoms with van der Waals surface area (Å²) in [5.41, 5.74) is -1.23. The van der Waals surface area contributed by atoms with Crippen molar-refractivity contribution in [2.45, 2.75) is 103 Å². The van der Waals surface area contributed by atoms with Crippen LogP contribution in [0.5, 0.6) is 0 Å². The Labute approximate surface area is 181 Å². The van der Waals surface area contributed by atoms with Gasteiger partial charge in [0, 0.05) is 6.42 Å². The second-order valence-corrected chi connectivity index (χ2v) is 9.21. The fourth-order valence-electron chi connectivity index (χ4n) is 4.92. The van der Waals surface area contributed by atoms with E-state index in [4.69, 9.17) is 4.74 Å². The highest BCUT2D eigenvalue weighted by molar-refractivity contribution is 5.74. The van der Waals surface area contributed by atoms with E-state index in [0.717, 1.165) is 25.2 Å². The molecule has 1 atom stereocenters. The van der Waals surface area contributed by atoms with Crippen molar-refractivity contribution in [1.29, 1.82) is 0 Å². The third-order valence-electron chi connectivity index (χ3n) is 6.96. The zero-order valence-electron chi connectivity index (χ0n) is 18.6. The number of carboxylic acid groups (broad SMARTS) is 1. The number of allylic oxidation sites excluding steroid dienone is 3. The zero-order chi connectivity index (χ0) is 21.8. The Morgan fingerprint density at radius 1 is 1.13 bits per heavy atom. The number of halogens is 2. The fourth-order valence-corrected chi connectivity index (χ4v) is 4.92. The molecule has 0 radical (unpaired) electrons. The molecule has 0 amide bonds. The van der Waals surface area contributed by atoms with Gasteiger partial charge < -0.3 is 9.84 Å². The Morgan fingerprint density at radius 3 is 2.30 bits per heavy atom. The van der Waals surface area contributed by atoms with Crippen LogP contribution in [0.1, 0.15) is 96.8 Å². The number of hydrogen-bond donors (Lipinski definition) is 1.